The molecule has 0 amide bonds. The Labute approximate surface area is 130 Å². The maximum atomic E-state index is 11.5. The smallest absolute Gasteiger partial charge is 0.326 e. The van der Waals surface area contributed by atoms with Crippen molar-refractivity contribution in [2.24, 2.45) is 5.92 Å². The average molecular weight is 358 g/mol. The molecule has 0 radical (unpaired) electrons. The van der Waals surface area contributed by atoms with Gasteiger partial charge in [-0.1, -0.05) is 6.92 Å². The first-order valence-corrected chi connectivity index (χ1v) is 7.42. The van der Waals surface area contributed by atoms with E-state index in [1.807, 2.05) is 6.92 Å². The van der Waals surface area contributed by atoms with Crippen LogP contribution in [0.4, 0.5) is 11.5 Å². The molecule has 2 heterocycles. The van der Waals surface area contributed by atoms with Gasteiger partial charge >= 0.3 is 5.97 Å². The zero-order chi connectivity index (χ0) is 15.7. The third kappa shape index (κ3) is 2.85. The number of hydrogen-bond acceptors (Lipinski definition) is 5. The number of nitro groups is 1. The first-order valence-electron chi connectivity index (χ1n) is 6.63. The van der Waals surface area contributed by atoms with Gasteiger partial charge in [0.25, 0.3) is 5.69 Å². The molecular formula is C13H16BrN3O4. The third-order valence-electron chi connectivity index (χ3n) is 3.87. The summed E-state index contributed by atoms with van der Waals surface area (Å²) >= 11 is 3.33. The minimum absolute atomic E-state index is 0.000415. The summed E-state index contributed by atoms with van der Waals surface area (Å²) < 4.78 is 0.483. The lowest BCUT2D eigenvalue weighted by Gasteiger charge is -2.38. The molecule has 0 saturated carbocycles. The molecule has 1 N–H and O–H groups in total. The van der Waals surface area contributed by atoms with Gasteiger partial charge in [0.2, 0.25) is 0 Å². The number of halogens is 1. The molecule has 0 bridgehead atoms. The predicted molar refractivity (Wildman–Crippen MR) is 80.5 cm³/mol. The minimum atomic E-state index is -0.896. The zero-order valence-corrected chi connectivity index (χ0v) is 13.3. The topological polar surface area (TPSA) is 96.6 Å². The highest BCUT2D eigenvalue weighted by molar-refractivity contribution is 9.10. The normalized spacial score (nSPS) is 22.1. The lowest BCUT2D eigenvalue weighted by Crippen LogP contribution is -2.50. The minimum Gasteiger partial charge on any atom is -0.480 e. The van der Waals surface area contributed by atoms with Gasteiger partial charge in [-0.25, -0.2) is 9.78 Å². The van der Waals surface area contributed by atoms with E-state index in [1.165, 1.54) is 6.20 Å². The van der Waals surface area contributed by atoms with Gasteiger partial charge in [-0.15, -0.1) is 0 Å². The molecular weight excluding hydrogens is 342 g/mol. The predicted octanol–water partition coefficient (Wildman–Crippen LogP) is 2.75. The van der Waals surface area contributed by atoms with Crippen LogP contribution in [0.1, 0.15) is 25.3 Å². The number of carboxylic acid groups (broad SMARTS) is 1. The van der Waals surface area contributed by atoms with E-state index >= 15 is 0 Å². The van der Waals surface area contributed by atoms with Crippen molar-refractivity contribution in [1.82, 2.24) is 4.98 Å². The molecule has 1 saturated heterocycles. The van der Waals surface area contributed by atoms with Crippen molar-refractivity contribution in [3.8, 4) is 0 Å². The van der Waals surface area contributed by atoms with Crippen LogP contribution in [0.25, 0.3) is 0 Å². The van der Waals surface area contributed by atoms with Gasteiger partial charge in [0.1, 0.15) is 18.1 Å². The molecule has 1 aromatic heterocycles. The fourth-order valence-corrected chi connectivity index (χ4v) is 3.28. The summed E-state index contributed by atoms with van der Waals surface area (Å²) in [6.45, 7) is 4.10. The molecule has 1 aliphatic rings. The summed E-state index contributed by atoms with van der Waals surface area (Å²) in [6.07, 6.45) is 2.90. The highest BCUT2D eigenvalue weighted by Gasteiger charge is 2.36. The van der Waals surface area contributed by atoms with Crippen molar-refractivity contribution in [3.05, 3.63) is 26.3 Å². The number of aliphatic carboxylic acids is 1. The van der Waals surface area contributed by atoms with Crippen LogP contribution in [-0.2, 0) is 4.79 Å². The Bertz CT molecular complexity index is 593. The average Bonchev–Trinajstić information content (AvgIpc) is 2.40. The van der Waals surface area contributed by atoms with Crippen LogP contribution in [0.15, 0.2) is 10.7 Å². The van der Waals surface area contributed by atoms with Crippen molar-refractivity contribution in [1.29, 1.82) is 0 Å². The Morgan fingerprint density at radius 1 is 1.62 bits per heavy atom. The van der Waals surface area contributed by atoms with E-state index in [-0.39, 0.29) is 11.6 Å². The molecule has 0 aliphatic carbocycles. The summed E-state index contributed by atoms with van der Waals surface area (Å²) in [7, 11) is 0. The molecule has 8 heteroatoms. The van der Waals surface area contributed by atoms with Crippen LogP contribution in [-0.4, -0.2) is 33.6 Å². The molecule has 0 aromatic carbocycles. The van der Waals surface area contributed by atoms with Crippen LogP contribution < -0.4 is 4.90 Å². The van der Waals surface area contributed by atoms with Crippen LogP contribution in [0, 0.1) is 23.0 Å². The fourth-order valence-electron chi connectivity index (χ4n) is 2.74. The van der Waals surface area contributed by atoms with Crippen molar-refractivity contribution in [3.63, 3.8) is 0 Å². The molecule has 2 unspecified atom stereocenters. The van der Waals surface area contributed by atoms with Crippen molar-refractivity contribution >= 4 is 33.4 Å². The fraction of sp³-hybridized carbons (Fsp3) is 0.538. The number of piperidine rings is 1. The second-order valence-corrected chi connectivity index (χ2v) is 6.05. The largest absolute Gasteiger partial charge is 0.480 e. The number of anilines is 1. The number of carboxylic acids is 1. The van der Waals surface area contributed by atoms with Gasteiger partial charge in [-0.05, 0) is 41.6 Å². The first-order chi connectivity index (χ1) is 9.84. The lowest BCUT2D eigenvalue weighted by atomic mass is 9.90. The quantitative estimate of drug-likeness (QED) is 0.659. The Morgan fingerprint density at radius 3 is 2.86 bits per heavy atom. The van der Waals surface area contributed by atoms with E-state index in [0.29, 0.717) is 22.4 Å². The van der Waals surface area contributed by atoms with Crippen LogP contribution in [0.2, 0.25) is 0 Å². The van der Waals surface area contributed by atoms with E-state index < -0.39 is 16.9 Å². The number of pyridine rings is 1. The Kier molecular flexibility index (Phi) is 4.46. The number of carbonyl (C=O) groups is 1. The Balaban J connectivity index is 2.47. The van der Waals surface area contributed by atoms with E-state index in [9.17, 15) is 20.0 Å². The molecule has 1 fully saturated rings. The standard InChI is InChI=1S/C13H16BrN3O4/c1-7-4-3-5-16(11(7)13(18)19)12-10(14)8(2)9(6-15-12)17(20)21/h6-7,11H,3-5H2,1-2H3,(H,18,19). The molecule has 1 aliphatic heterocycles. The van der Waals surface area contributed by atoms with Gasteiger partial charge in [-0.2, -0.15) is 0 Å². The summed E-state index contributed by atoms with van der Waals surface area (Å²) in [5.41, 5.74) is 0.370. The third-order valence-corrected chi connectivity index (χ3v) is 4.82. The monoisotopic (exact) mass is 357 g/mol. The van der Waals surface area contributed by atoms with Gasteiger partial charge in [-0.3, -0.25) is 10.1 Å². The zero-order valence-electron chi connectivity index (χ0n) is 11.7. The van der Waals surface area contributed by atoms with E-state index in [4.69, 9.17) is 0 Å². The highest BCUT2D eigenvalue weighted by Crippen LogP contribution is 2.36. The molecule has 2 rings (SSSR count). The summed E-state index contributed by atoms with van der Waals surface area (Å²) in [4.78, 5) is 27.8. The van der Waals surface area contributed by atoms with Crippen molar-refractivity contribution < 1.29 is 14.8 Å². The molecule has 7 nitrogen and oxygen atoms in total. The first kappa shape index (κ1) is 15.7. The van der Waals surface area contributed by atoms with Crippen molar-refractivity contribution in [2.45, 2.75) is 32.7 Å². The summed E-state index contributed by atoms with van der Waals surface area (Å²) in [5.74, 6) is -0.440. The van der Waals surface area contributed by atoms with Crippen LogP contribution >= 0.6 is 15.9 Å². The number of nitrogens with zero attached hydrogens (tertiary/aromatic N) is 3. The van der Waals surface area contributed by atoms with Gasteiger partial charge < -0.3 is 10.0 Å². The summed E-state index contributed by atoms with van der Waals surface area (Å²) in [5, 5.41) is 20.4. The van der Waals surface area contributed by atoms with Crippen molar-refractivity contribution in [2.75, 3.05) is 11.4 Å². The van der Waals surface area contributed by atoms with Gasteiger partial charge in [0.05, 0.1) is 9.40 Å². The Hall–Kier alpha value is -1.70. The number of rotatable bonds is 3. The second kappa shape index (κ2) is 5.97. The maximum absolute atomic E-state index is 11.5. The summed E-state index contributed by atoms with van der Waals surface area (Å²) in [6, 6.07) is -0.664. The van der Waals surface area contributed by atoms with E-state index in [1.54, 1.807) is 11.8 Å². The molecule has 114 valence electrons. The highest BCUT2D eigenvalue weighted by atomic mass is 79.9. The van der Waals surface area contributed by atoms with Crippen LogP contribution in [0.3, 0.4) is 0 Å². The molecule has 2 atom stereocenters. The van der Waals surface area contributed by atoms with Gasteiger partial charge in [0.15, 0.2) is 0 Å². The van der Waals surface area contributed by atoms with E-state index in [0.717, 1.165) is 12.8 Å². The lowest BCUT2D eigenvalue weighted by molar-refractivity contribution is -0.385. The number of hydrogen-bond donors (Lipinski definition) is 1. The number of aromatic nitrogens is 1. The Morgan fingerprint density at radius 2 is 2.29 bits per heavy atom. The molecule has 0 spiro atoms. The van der Waals surface area contributed by atoms with Crippen LogP contribution in [0.5, 0.6) is 0 Å². The SMILES string of the molecule is Cc1c([N+](=O)[O-])cnc(N2CCCC(C)C2C(=O)O)c1Br. The maximum Gasteiger partial charge on any atom is 0.326 e. The molecule has 1 aromatic rings. The molecule has 21 heavy (non-hydrogen) atoms. The van der Waals surface area contributed by atoms with E-state index in [2.05, 4.69) is 20.9 Å². The second-order valence-electron chi connectivity index (χ2n) is 5.26. The van der Waals surface area contributed by atoms with Gasteiger partial charge in [0, 0.05) is 12.1 Å².